The Balaban J connectivity index is 1.97. The van der Waals surface area contributed by atoms with E-state index in [1.54, 1.807) is 24.3 Å². The third-order valence-corrected chi connectivity index (χ3v) is 3.04. The Bertz CT molecular complexity index is 484. The fourth-order valence-corrected chi connectivity index (χ4v) is 2.07. The Morgan fingerprint density at radius 1 is 1.61 bits per heavy atom. The Labute approximate surface area is 111 Å². The highest BCUT2D eigenvalue weighted by atomic mass is 35.5. The number of halogens is 1. The molecule has 1 fully saturated rings. The van der Waals surface area contributed by atoms with Crippen LogP contribution < -0.4 is 0 Å². The van der Waals surface area contributed by atoms with Gasteiger partial charge >= 0.3 is 0 Å². The summed E-state index contributed by atoms with van der Waals surface area (Å²) < 4.78 is 5.23. The number of ether oxygens (including phenoxy) is 1. The summed E-state index contributed by atoms with van der Waals surface area (Å²) >= 11 is 5.85. The zero-order valence-corrected chi connectivity index (χ0v) is 10.6. The minimum Gasteiger partial charge on any atom is -0.361 e. The van der Waals surface area contributed by atoms with E-state index < -0.39 is 6.10 Å². The molecule has 0 saturated carbocycles. The van der Waals surface area contributed by atoms with Gasteiger partial charge in [0.25, 0.3) is 0 Å². The van der Waals surface area contributed by atoms with Crippen LogP contribution in [-0.4, -0.2) is 43.0 Å². The largest absolute Gasteiger partial charge is 0.361 e. The molecule has 1 aliphatic rings. The average Bonchev–Trinajstić information content (AvgIpc) is 2.39. The molecule has 2 rings (SSSR count). The van der Waals surface area contributed by atoms with Crippen LogP contribution in [0.25, 0.3) is 0 Å². The number of carbonyl (C=O) groups is 1. The number of nitrogens with zero attached hydrogens (tertiary/aromatic N) is 2. The maximum atomic E-state index is 12.0. The van der Waals surface area contributed by atoms with Gasteiger partial charge in [0, 0.05) is 23.7 Å². The molecule has 1 atom stereocenters. The highest BCUT2D eigenvalue weighted by Crippen LogP contribution is 2.12. The monoisotopic (exact) mass is 264 g/mol. The lowest BCUT2D eigenvalue weighted by Crippen LogP contribution is -2.44. The van der Waals surface area contributed by atoms with Crippen LogP contribution in [0.4, 0.5) is 0 Å². The molecule has 4 nitrogen and oxygen atoms in total. The number of nitriles is 1. The van der Waals surface area contributed by atoms with Crippen molar-refractivity contribution in [1.29, 1.82) is 5.26 Å². The van der Waals surface area contributed by atoms with Gasteiger partial charge in [-0.2, -0.15) is 5.26 Å². The van der Waals surface area contributed by atoms with Crippen molar-refractivity contribution in [2.45, 2.75) is 6.10 Å². The number of Topliss-reactive ketones (excluding diaryl/α,β-unsaturated/α-hetero) is 1. The van der Waals surface area contributed by atoms with Crippen molar-refractivity contribution in [3.8, 4) is 6.07 Å². The molecule has 0 aliphatic carbocycles. The third-order valence-electron chi connectivity index (χ3n) is 2.81. The summed E-state index contributed by atoms with van der Waals surface area (Å²) in [5, 5.41) is 9.35. The number of morpholine rings is 1. The molecule has 1 heterocycles. The Kier molecular flexibility index (Phi) is 4.32. The predicted molar refractivity (Wildman–Crippen MR) is 67.6 cm³/mol. The summed E-state index contributed by atoms with van der Waals surface area (Å²) in [4.78, 5) is 14.0. The lowest BCUT2D eigenvalue weighted by molar-refractivity contribution is 0.00241. The van der Waals surface area contributed by atoms with Crippen LogP contribution in [0.5, 0.6) is 0 Å². The van der Waals surface area contributed by atoms with Crippen LogP contribution in [0.15, 0.2) is 24.3 Å². The van der Waals surface area contributed by atoms with Crippen molar-refractivity contribution in [3.63, 3.8) is 0 Å². The van der Waals surface area contributed by atoms with Gasteiger partial charge in [-0.3, -0.25) is 9.69 Å². The second kappa shape index (κ2) is 5.96. The van der Waals surface area contributed by atoms with Gasteiger partial charge in [-0.1, -0.05) is 23.7 Å². The highest BCUT2D eigenvalue weighted by Gasteiger charge is 2.22. The molecule has 0 spiro atoms. The molecule has 0 aromatic heterocycles. The first kappa shape index (κ1) is 13.0. The minimum atomic E-state index is -0.439. The molecular weight excluding hydrogens is 252 g/mol. The minimum absolute atomic E-state index is 0.0103. The van der Waals surface area contributed by atoms with E-state index in [4.69, 9.17) is 21.6 Å². The smallest absolute Gasteiger partial charge is 0.176 e. The molecule has 1 saturated heterocycles. The van der Waals surface area contributed by atoms with Crippen LogP contribution in [0, 0.1) is 11.3 Å². The van der Waals surface area contributed by atoms with E-state index >= 15 is 0 Å². The van der Waals surface area contributed by atoms with E-state index in [0.717, 1.165) is 0 Å². The molecule has 1 unspecified atom stereocenters. The molecule has 0 N–H and O–H groups in total. The average molecular weight is 265 g/mol. The van der Waals surface area contributed by atoms with Crippen LogP contribution in [0.3, 0.4) is 0 Å². The molecule has 5 heteroatoms. The third kappa shape index (κ3) is 3.30. The normalized spacial score (nSPS) is 20.3. The van der Waals surface area contributed by atoms with E-state index in [-0.39, 0.29) is 5.78 Å². The number of hydrogen-bond donors (Lipinski definition) is 0. The summed E-state index contributed by atoms with van der Waals surface area (Å²) in [5.41, 5.74) is 0.600. The molecule has 1 aromatic carbocycles. The Hall–Kier alpha value is -1.41. The molecule has 18 heavy (non-hydrogen) atoms. The van der Waals surface area contributed by atoms with Gasteiger partial charge in [-0.05, 0) is 12.1 Å². The van der Waals surface area contributed by atoms with Gasteiger partial charge in [0.2, 0.25) is 0 Å². The highest BCUT2D eigenvalue weighted by molar-refractivity contribution is 6.31. The second-order valence-corrected chi connectivity index (χ2v) is 4.59. The van der Waals surface area contributed by atoms with E-state index in [1.165, 1.54) is 0 Å². The number of ketones is 1. The lowest BCUT2D eigenvalue weighted by Gasteiger charge is -2.28. The Morgan fingerprint density at radius 2 is 2.44 bits per heavy atom. The second-order valence-electron chi connectivity index (χ2n) is 4.16. The summed E-state index contributed by atoms with van der Waals surface area (Å²) in [7, 11) is 0. The molecule has 1 aliphatic heterocycles. The van der Waals surface area contributed by atoms with Crippen molar-refractivity contribution < 1.29 is 9.53 Å². The topological polar surface area (TPSA) is 53.3 Å². The van der Waals surface area contributed by atoms with Crippen LogP contribution >= 0.6 is 11.6 Å². The number of rotatable bonds is 3. The van der Waals surface area contributed by atoms with Gasteiger partial charge in [-0.25, -0.2) is 0 Å². The summed E-state index contributed by atoms with van der Waals surface area (Å²) in [6, 6.07) is 8.96. The molecular formula is C13H13ClN2O2. The Morgan fingerprint density at radius 3 is 3.17 bits per heavy atom. The maximum Gasteiger partial charge on any atom is 0.176 e. The van der Waals surface area contributed by atoms with Crippen molar-refractivity contribution in [2.24, 2.45) is 0 Å². The van der Waals surface area contributed by atoms with Crippen molar-refractivity contribution >= 4 is 17.4 Å². The van der Waals surface area contributed by atoms with E-state index in [1.807, 2.05) is 4.90 Å². The van der Waals surface area contributed by atoms with Crippen molar-refractivity contribution in [1.82, 2.24) is 4.90 Å². The van der Waals surface area contributed by atoms with Crippen LogP contribution in [0.1, 0.15) is 10.4 Å². The van der Waals surface area contributed by atoms with Gasteiger partial charge in [0.05, 0.1) is 19.2 Å². The zero-order chi connectivity index (χ0) is 13.0. The van der Waals surface area contributed by atoms with E-state index in [9.17, 15) is 4.79 Å². The van der Waals surface area contributed by atoms with Gasteiger partial charge < -0.3 is 4.74 Å². The van der Waals surface area contributed by atoms with Crippen LogP contribution in [-0.2, 0) is 4.74 Å². The first-order valence-corrected chi connectivity index (χ1v) is 6.09. The summed E-state index contributed by atoms with van der Waals surface area (Å²) in [6.07, 6.45) is -0.439. The molecule has 0 radical (unpaired) electrons. The number of hydrogen-bond acceptors (Lipinski definition) is 4. The standard InChI is InChI=1S/C13H13ClN2O2/c14-11-3-1-2-10(6-11)13(17)9-16-4-5-18-12(7-15)8-16/h1-3,6,12H,4-5,8-9H2. The lowest BCUT2D eigenvalue weighted by atomic mass is 10.1. The fourth-order valence-electron chi connectivity index (χ4n) is 1.88. The zero-order valence-electron chi connectivity index (χ0n) is 9.80. The van der Waals surface area contributed by atoms with Crippen molar-refractivity contribution in [2.75, 3.05) is 26.2 Å². The van der Waals surface area contributed by atoms with Crippen LogP contribution in [0.2, 0.25) is 5.02 Å². The quantitative estimate of drug-likeness (QED) is 0.781. The summed E-state index contributed by atoms with van der Waals surface area (Å²) in [6.45, 7) is 1.93. The molecule has 0 amide bonds. The van der Waals surface area contributed by atoms with E-state index in [2.05, 4.69) is 6.07 Å². The van der Waals surface area contributed by atoms with Crippen molar-refractivity contribution in [3.05, 3.63) is 34.9 Å². The van der Waals surface area contributed by atoms with E-state index in [0.29, 0.717) is 36.8 Å². The molecule has 1 aromatic rings. The molecule has 0 bridgehead atoms. The first-order valence-electron chi connectivity index (χ1n) is 5.71. The number of benzene rings is 1. The van der Waals surface area contributed by atoms with Gasteiger partial charge in [0.1, 0.15) is 0 Å². The van der Waals surface area contributed by atoms with Gasteiger partial charge in [0.15, 0.2) is 11.9 Å². The fraction of sp³-hybridized carbons (Fsp3) is 0.385. The predicted octanol–water partition coefficient (Wildman–Crippen LogP) is 1.75. The maximum absolute atomic E-state index is 12.0. The SMILES string of the molecule is N#CC1CN(CC(=O)c2cccc(Cl)c2)CCO1. The first-order chi connectivity index (χ1) is 8.69. The van der Waals surface area contributed by atoms with Gasteiger partial charge in [-0.15, -0.1) is 0 Å². The summed E-state index contributed by atoms with van der Waals surface area (Å²) in [5.74, 6) is 0.0103. The molecule has 94 valence electrons. The number of carbonyl (C=O) groups excluding carboxylic acids is 1.